The van der Waals surface area contributed by atoms with Crippen molar-refractivity contribution in [1.29, 1.82) is 0 Å². The molecule has 27 heavy (non-hydrogen) atoms. The molecule has 0 aliphatic rings. The van der Waals surface area contributed by atoms with Gasteiger partial charge >= 0.3 is 0 Å². The second-order valence-electron chi connectivity index (χ2n) is 5.32. The van der Waals surface area contributed by atoms with Crippen LogP contribution in [0.4, 0.5) is 23.0 Å². The summed E-state index contributed by atoms with van der Waals surface area (Å²) in [7, 11) is 0. The van der Waals surface area contributed by atoms with Gasteiger partial charge in [0.1, 0.15) is 12.0 Å². The molecular formula is C17H13Cl3N6O. The summed E-state index contributed by atoms with van der Waals surface area (Å²) in [5, 5.41) is 4.37. The molecule has 3 rings (SSSR count). The van der Waals surface area contributed by atoms with Crippen LogP contribution in [0.25, 0.3) is 0 Å². The number of hydrogen-bond donors (Lipinski definition) is 4. The number of hydrogen-bond acceptors (Lipinski definition) is 6. The van der Waals surface area contributed by atoms with E-state index in [-0.39, 0.29) is 11.5 Å². The van der Waals surface area contributed by atoms with E-state index in [4.69, 9.17) is 40.5 Å². The zero-order valence-corrected chi connectivity index (χ0v) is 15.9. The van der Waals surface area contributed by atoms with Crippen molar-refractivity contribution < 1.29 is 4.79 Å². The first-order valence-corrected chi connectivity index (χ1v) is 8.72. The van der Waals surface area contributed by atoms with Crippen molar-refractivity contribution in [2.75, 3.05) is 16.5 Å². The molecule has 0 bridgehead atoms. The minimum atomic E-state index is -0.397. The number of nitrogens with two attached hydrogens (primary N) is 1. The van der Waals surface area contributed by atoms with Crippen molar-refractivity contribution in [1.82, 2.24) is 15.4 Å². The minimum Gasteiger partial charge on any atom is -0.393 e. The predicted octanol–water partition coefficient (Wildman–Crippen LogP) is 4.52. The van der Waals surface area contributed by atoms with E-state index in [1.165, 1.54) is 12.4 Å². The lowest BCUT2D eigenvalue weighted by Gasteiger charge is -2.14. The Morgan fingerprint density at radius 2 is 1.70 bits per heavy atom. The first-order valence-electron chi connectivity index (χ1n) is 7.58. The monoisotopic (exact) mass is 422 g/mol. The molecule has 0 saturated carbocycles. The Morgan fingerprint density at radius 1 is 0.963 bits per heavy atom. The second kappa shape index (κ2) is 8.30. The van der Waals surface area contributed by atoms with Gasteiger partial charge in [0, 0.05) is 15.6 Å². The average molecular weight is 424 g/mol. The van der Waals surface area contributed by atoms with Gasteiger partial charge in [-0.3, -0.25) is 15.6 Å². The Bertz CT molecular complexity index is 998. The number of rotatable bonds is 5. The largest absolute Gasteiger partial charge is 0.393 e. The molecule has 10 heteroatoms. The van der Waals surface area contributed by atoms with Gasteiger partial charge in [-0.15, -0.1) is 0 Å². The fourth-order valence-electron chi connectivity index (χ4n) is 2.13. The Hall–Kier alpha value is -2.74. The van der Waals surface area contributed by atoms with E-state index < -0.39 is 5.91 Å². The van der Waals surface area contributed by atoms with Gasteiger partial charge in [0.05, 0.1) is 10.7 Å². The van der Waals surface area contributed by atoms with E-state index in [1.807, 2.05) is 0 Å². The summed E-state index contributed by atoms with van der Waals surface area (Å²) in [5.74, 6) is 0.132. The summed E-state index contributed by atoms with van der Waals surface area (Å²) in [4.78, 5) is 20.3. The van der Waals surface area contributed by atoms with Crippen LogP contribution in [0.2, 0.25) is 15.1 Å². The van der Waals surface area contributed by atoms with Crippen molar-refractivity contribution in [3.8, 4) is 0 Å². The summed E-state index contributed by atoms with van der Waals surface area (Å²) in [6, 6.07) is 11.5. The quantitative estimate of drug-likeness (QED) is 0.450. The highest BCUT2D eigenvalue weighted by Crippen LogP contribution is 2.31. The van der Waals surface area contributed by atoms with Crippen LogP contribution in [-0.2, 0) is 0 Å². The summed E-state index contributed by atoms with van der Waals surface area (Å²) >= 11 is 17.9. The van der Waals surface area contributed by atoms with Crippen LogP contribution < -0.4 is 21.9 Å². The molecule has 1 amide bonds. The Labute approximate surface area is 169 Å². The van der Waals surface area contributed by atoms with Gasteiger partial charge in [-0.05, 0) is 36.4 Å². The van der Waals surface area contributed by atoms with E-state index in [9.17, 15) is 4.79 Å². The van der Waals surface area contributed by atoms with Crippen LogP contribution in [0.1, 0.15) is 10.4 Å². The summed E-state index contributed by atoms with van der Waals surface area (Å²) in [5.41, 5.74) is 12.4. The van der Waals surface area contributed by atoms with Crippen molar-refractivity contribution in [3.05, 3.63) is 69.4 Å². The molecule has 0 atom stereocenters. The van der Waals surface area contributed by atoms with Crippen LogP contribution in [0.3, 0.4) is 0 Å². The van der Waals surface area contributed by atoms with Gasteiger partial charge in [-0.25, -0.2) is 9.97 Å². The number of halogens is 3. The van der Waals surface area contributed by atoms with Gasteiger partial charge in [-0.1, -0.05) is 40.9 Å². The third-order valence-corrected chi connectivity index (χ3v) is 4.23. The third-order valence-electron chi connectivity index (χ3n) is 3.45. The van der Waals surface area contributed by atoms with Crippen molar-refractivity contribution in [2.24, 2.45) is 0 Å². The lowest BCUT2D eigenvalue weighted by molar-refractivity contribution is 0.0962. The number of carbonyl (C=O) groups excluding carboxylic acids is 1. The van der Waals surface area contributed by atoms with Gasteiger partial charge < -0.3 is 11.1 Å². The minimum absolute atomic E-state index is 0.190. The highest BCUT2D eigenvalue weighted by molar-refractivity contribution is 6.36. The van der Waals surface area contributed by atoms with Crippen LogP contribution >= 0.6 is 34.8 Å². The number of amides is 1. The molecule has 1 heterocycles. The number of anilines is 4. The topological polar surface area (TPSA) is 105 Å². The smallest absolute Gasteiger partial charge is 0.269 e. The molecule has 0 unspecified atom stereocenters. The average Bonchev–Trinajstić information content (AvgIpc) is 2.64. The third kappa shape index (κ3) is 4.71. The molecule has 0 fully saturated rings. The zero-order valence-electron chi connectivity index (χ0n) is 13.6. The van der Waals surface area contributed by atoms with Gasteiger partial charge in [0.25, 0.3) is 5.91 Å². The van der Waals surface area contributed by atoms with Crippen LogP contribution in [0.5, 0.6) is 0 Å². The molecule has 7 nitrogen and oxygen atoms in total. The fraction of sp³-hybridized carbons (Fsp3) is 0. The Balaban J connectivity index is 1.74. The Morgan fingerprint density at radius 3 is 2.44 bits per heavy atom. The maximum atomic E-state index is 12.2. The normalized spacial score (nSPS) is 10.3. The molecular weight excluding hydrogens is 411 g/mol. The lowest BCUT2D eigenvalue weighted by Crippen LogP contribution is -2.30. The van der Waals surface area contributed by atoms with Gasteiger partial charge in [0.15, 0.2) is 11.6 Å². The van der Waals surface area contributed by atoms with Crippen LogP contribution in [0.15, 0.2) is 48.8 Å². The SMILES string of the molecule is Nc1c(NNC(=O)c2cccc(Cl)c2)ncnc1Nc1ccc(Cl)cc1Cl. The molecule has 5 N–H and O–H groups in total. The maximum absolute atomic E-state index is 12.2. The highest BCUT2D eigenvalue weighted by atomic mass is 35.5. The van der Waals surface area contributed by atoms with Gasteiger partial charge in [0.2, 0.25) is 0 Å². The first kappa shape index (κ1) is 19.0. The number of nitrogen functional groups attached to an aromatic ring is 1. The van der Waals surface area contributed by atoms with E-state index in [2.05, 4.69) is 26.1 Å². The molecule has 0 aliphatic heterocycles. The van der Waals surface area contributed by atoms with Crippen molar-refractivity contribution in [3.63, 3.8) is 0 Å². The molecule has 0 saturated heterocycles. The molecule has 0 radical (unpaired) electrons. The fourth-order valence-corrected chi connectivity index (χ4v) is 2.78. The molecule has 2 aromatic carbocycles. The van der Waals surface area contributed by atoms with Crippen LogP contribution in [0, 0.1) is 0 Å². The highest BCUT2D eigenvalue weighted by Gasteiger charge is 2.12. The maximum Gasteiger partial charge on any atom is 0.269 e. The molecule has 0 aliphatic carbocycles. The lowest BCUT2D eigenvalue weighted by atomic mass is 10.2. The molecule has 3 aromatic rings. The number of aromatic nitrogens is 2. The van der Waals surface area contributed by atoms with E-state index in [0.717, 1.165) is 0 Å². The molecule has 1 aromatic heterocycles. The van der Waals surface area contributed by atoms with Gasteiger partial charge in [-0.2, -0.15) is 0 Å². The van der Waals surface area contributed by atoms with E-state index in [0.29, 0.717) is 32.1 Å². The summed E-state index contributed by atoms with van der Waals surface area (Å²) in [6.07, 6.45) is 1.29. The predicted molar refractivity (Wildman–Crippen MR) is 109 cm³/mol. The van der Waals surface area contributed by atoms with Crippen molar-refractivity contribution >= 4 is 63.7 Å². The number of nitrogens with one attached hydrogen (secondary N) is 3. The number of nitrogens with zero attached hydrogens (tertiary/aromatic N) is 2. The van der Waals surface area contributed by atoms with E-state index in [1.54, 1.807) is 36.4 Å². The summed E-state index contributed by atoms with van der Waals surface area (Å²) < 4.78 is 0. The van der Waals surface area contributed by atoms with Crippen LogP contribution in [-0.4, -0.2) is 15.9 Å². The molecule has 0 spiro atoms. The summed E-state index contributed by atoms with van der Waals surface area (Å²) in [6.45, 7) is 0. The van der Waals surface area contributed by atoms with Crippen molar-refractivity contribution in [2.45, 2.75) is 0 Å². The zero-order chi connectivity index (χ0) is 19.4. The number of benzene rings is 2. The molecule has 138 valence electrons. The Kier molecular flexibility index (Phi) is 5.85. The second-order valence-corrected chi connectivity index (χ2v) is 6.60. The number of hydrazine groups is 1. The first-order chi connectivity index (χ1) is 12.9. The van der Waals surface area contributed by atoms with E-state index >= 15 is 0 Å². The standard InChI is InChI=1S/C17H13Cl3N6O/c18-10-3-1-2-9(6-10)17(27)26-25-16-14(21)15(22-8-23-16)24-13-5-4-11(19)7-12(13)20/h1-8H,21H2,(H,26,27)(H2,22,23,24,25). The number of carbonyl (C=O) groups is 1.